The van der Waals surface area contributed by atoms with Gasteiger partial charge in [-0.15, -0.1) is 0 Å². The van der Waals surface area contributed by atoms with Crippen molar-refractivity contribution in [1.29, 1.82) is 0 Å². The molecule has 0 aromatic rings. The maximum Gasteiger partial charge on any atom is 0.303 e. The van der Waals surface area contributed by atoms with Crippen molar-refractivity contribution >= 4 is 11.9 Å². The van der Waals surface area contributed by atoms with E-state index in [9.17, 15) is 9.59 Å². The molecule has 0 spiro atoms. The number of carbonyl (C=O) groups excluding carboxylic acids is 1. The molecule has 1 saturated carbocycles. The standard InChI is InChI=1S/C9H14O4/c1-6(10)13-8-3-2-7(4-8)5-9(11)12/h7-8H,2-5H2,1H3,(H,11,12)/t7-,8+/m0/s1. The van der Waals surface area contributed by atoms with E-state index in [1.807, 2.05) is 0 Å². The molecule has 0 saturated heterocycles. The fourth-order valence-electron chi connectivity index (χ4n) is 1.80. The molecule has 4 nitrogen and oxygen atoms in total. The Morgan fingerprint density at radius 1 is 1.46 bits per heavy atom. The molecule has 1 N–H and O–H groups in total. The minimum atomic E-state index is -0.770. The van der Waals surface area contributed by atoms with Gasteiger partial charge in [0.15, 0.2) is 0 Å². The Bertz CT molecular complexity index is 190. The second kappa shape index (κ2) is 4.25. The Morgan fingerprint density at radius 3 is 2.69 bits per heavy atom. The van der Waals surface area contributed by atoms with Gasteiger partial charge in [-0.25, -0.2) is 0 Å². The predicted octanol–water partition coefficient (Wildman–Crippen LogP) is 1.19. The van der Waals surface area contributed by atoms with E-state index >= 15 is 0 Å². The van der Waals surface area contributed by atoms with Crippen LogP contribution in [0.5, 0.6) is 0 Å². The fourth-order valence-corrected chi connectivity index (χ4v) is 1.80. The van der Waals surface area contributed by atoms with E-state index in [0.29, 0.717) is 6.42 Å². The molecule has 1 aliphatic rings. The first-order chi connectivity index (χ1) is 6.08. The predicted molar refractivity (Wildman–Crippen MR) is 45.1 cm³/mol. The van der Waals surface area contributed by atoms with Crippen LogP contribution in [-0.2, 0) is 14.3 Å². The molecule has 1 rings (SSSR count). The summed E-state index contributed by atoms with van der Waals surface area (Å²) < 4.78 is 4.99. The van der Waals surface area contributed by atoms with Crippen molar-refractivity contribution in [2.45, 2.75) is 38.7 Å². The van der Waals surface area contributed by atoms with Gasteiger partial charge < -0.3 is 9.84 Å². The number of carboxylic acids is 1. The van der Waals surface area contributed by atoms with Gasteiger partial charge in [0.1, 0.15) is 6.10 Å². The zero-order valence-electron chi connectivity index (χ0n) is 7.66. The van der Waals surface area contributed by atoms with Crippen LogP contribution in [0.1, 0.15) is 32.6 Å². The molecule has 0 aromatic carbocycles. The lowest BCUT2D eigenvalue weighted by Gasteiger charge is -2.09. The van der Waals surface area contributed by atoms with E-state index in [2.05, 4.69) is 0 Å². The molecule has 0 bridgehead atoms. The summed E-state index contributed by atoms with van der Waals surface area (Å²) in [5.41, 5.74) is 0. The van der Waals surface area contributed by atoms with E-state index in [4.69, 9.17) is 9.84 Å². The van der Waals surface area contributed by atoms with Gasteiger partial charge >= 0.3 is 11.9 Å². The molecule has 74 valence electrons. The summed E-state index contributed by atoms with van der Waals surface area (Å²) in [5, 5.41) is 8.53. The highest BCUT2D eigenvalue weighted by Crippen LogP contribution is 2.30. The number of hydrogen-bond acceptors (Lipinski definition) is 3. The van der Waals surface area contributed by atoms with E-state index in [0.717, 1.165) is 12.8 Å². The Kier molecular flexibility index (Phi) is 3.28. The summed E-state index contributed by atoms with van der Waals surface area (Å²) in [5.74, 6) is -0.865. The summed E-state index contributed by atoms with van der Waals surface area (Å²) in [6, 6.07) is 0. The molecule has 0 heterocycles. The first kappa shape index (κ1) is 10.0. The maximum absolute atomic E-state index is 10.6. The number of carbonyl (C=O) groups is 2. The monoisotopic (exact) mass is 186 g/mol. The minimum Gasteiger partial charge on any atom is -0.481 e. The van der Waals surface area contributed by atoms with Gasteiger partial charge in [0.25, 0.3) is 0 Å². The Hall–Kier alpha value is -1.06. The summed E-state index contributed by atoms with van der Waals surface area (Å²) in [7, 11) is 0. The molecule has 13 heavy (non-hydrogen) atoms. The Labute approximate surface area is 76.9 Å². The van der Waals surface area contributed by atoms with Gasteiger partial charge in [0.05, 0.1) is 0 Å². The van der Waals surface area contributed by atoms with Crippen LogP contribution in [0.15, 0.2) is 0 Å². The first-order valence-electron chi connectivity index (χ1n) is 4.47. The second-order valence-electron chi connectivity index (χ2n) is 3.51. The molecule has 0 unspecified atom stereocenters. The topological polar surface area (TPSA) is 63.6 Å². The number of esters is 1. The van der Waals surface area contributed by atoms with E-state index < -0.39 is 5.97 Å². The average molecular weight is 186 g/mol. The number of rotatable bonds is 3. The van der Waals surface area contributed by atoms with Crippen molar-refractivity contribution in [2.75, 3.05) is 0 Å². The van der Waals surface area contributed by atoms with Gasteiger partial charge in [0.2, 0.25) is 0 Å². The van der Waals surface area contributed by atoms with Gasteiger partial charge in [-0.1, -0.05) is 0 Å². The number of carboxylic acid groups (broad SMARTS) is 1. The molecule has 0 amide bonds. The maximum atomic E-state index is 10.6. The van der Waals surface area contributed by atoms with Crippen LogP contribution in [0.25, 0.3) is 0 Å². The lowest BCUT2D eigenvalue weighted by Crippen LogP contribution is -2.13. The summed E-state index contributed by atoms with van der Waals surface area (Å²) in [6.07, 6.45) is 2.49. The minimum absolute atomic E-state index is 0.0538. The van der Waals surface area contributed by atoms with Crippen molar-refractivity contribution in [3.8, 4) is 0 Å². The lowest BCUT2D eigenvalue weighted by molar-refractivity contribution is -0.146. The smallest absolute Gasteiger partial charge is 0.303 e. The summed E-state index contributed by atoms with van der Waals surface area (Å²) >= 11 is 0. The zero-order chi connectivity index (χ0) is 9.84. The van der Waals surface area contributed by atoms with Crippen LogP contribution in [0.4, 0.5) is 0 Å². The number of hydrogen-bond donors (Lipinski definition) is 1. The molecule has 2 atom stereocenters. The third-order valence-corrected chi connectivity index (χ3v) is 2.29. The fraction of sp³-hybridized carbons (Fsp3) is 0.778. The third-order valence-electron chi connectivity index (χ3n) is 2.29. The van der Waals surface area contributed by atoms with Crippen molar-refractivity contribution < 1.29 is 19.4 Å². The number of aliphatic carboxylic acids is 1. The average Bonchev–Trinajstić information content (AvgIpc) is 2.33. The number of ether oxygens (including phenoxy) is 1. The summed E-state index contributed by atoms with van der Waals surface area (Å²) in [6.45, 7) is 1.38. The second-order valence-corrected chi connectivity index (χ2v) is 3.51. The third kappa shape index (κ3) is 3.44. The zero-order valence-corrected chi connectivity index (χ0v) is 7.66. The molecule has 1 fully saturated rings. The lowest BCUT2D eigenvalue weighted by atomic mass is 10.0. The van der Waals surface area contributed by atoms with Crippen molar-refractivity contribution in [3.05, 3.63) is 0 Å². The molecule has 1 aliphatic carbocycles. The first-order valence-corrected chi connectivity index (χ1v) is 4.47. The van der Waals surface area contributed by atoms with Gasteiger partial charge in [0, 0.05) is 13.3 Å². The van der Waals surface area contributed by atoms with E-state index in [1.54, 1.807) is 0 Å². The molecule has 0 aromatic heterocycles. The largest absolute Gasteiger partial charge is 0.481 e. The van der Waals surface area contributed by atoms with Gasteiger partial charge in [-0.3, -0.25) is 9.59 Å². The molecule has 0 aliphatic heterocycles. The Morgan fingerprint density at radius 2 is 2.15 bits per heavy atom. The van der Waals surface area contributed by atoms with Crippen molar-refractivity contribution in [1.82, 2.24) is 0 Å². The van der Waals surface area contributed by atoms with Crippen LogP contribution in [0.3, 0.4) is 0 Å². The normalized spacial score (nSPS) is 27.2. The van der Waals surface area contributed by atoms with Gasteiger partial charge in [-0.05, 0) is 25.2 Å². The van der Waals surface area contributed by atoms with Crippen LogP contribution in [-0.4, -0.2) is 23.1 Å². The summed E-state index contributed by atoms with van der Waals surface area (Å²) in [4.78, 5) is 21.0. The highest BCUT2D eigenvalue weighted by Gasteiger charge is 2.28. The molecule has 4 heteroatoms. The van der Waals surface area contributed by atoms with Crippen LogP contribution in [0, 0.1) is 5.92 Å². The highest BCUT2D eigenvalue weighted by atomic mass is 16.5. The Balaban J connectivity index is 2.27. The van der Waals surface area contributed by atoms with E-state index in [-0.39, 0.29) is 24.4 Å². The van der Waals surface area contributed by atoms with Crippen LogP contribution in [0.2, 0.25) is 0 Å². The van der Waals surface area contributed by atoms with Gasteiger partial charge in [-0.2, -0.15) is 0 Å². The van der Waals surface area contributed by atoms with Crippen molar-refractivity contribution in [2.24, 2.45) is 5.92 Å². The molecular formula is C9H14O4. The van der Waals surface area contributed by atoms with Crippen LogP contribution >= 0.6 is 0 Å². The molecule has 0 radical (unpaired) electrons. The molecular weight excluding hydrogens is 172 g/mol. The van der Waals surface area contributed by atoms with E-state index in [1.165, 1.54) is 6.92 Å². The highest BCUT2D eigenvalue weighted by molar-refractivity contribution is 5.67. The SMILES string of the molecule is CC(=O)O[C@@H]1CC[C@H](CC(=O)O)C1. The van der Waals surface area contributed by atoms with Crippen LogP contribution < -0.4 is 0 Å². The quantitative estimate of drug-likeness (QED) is 0.672. The van der Waals surface area contributed by atoms with Crippen molar-refractivity contribution in [3.63, 3.8) is 0 Å².